The Morgan fingerprint density at radius 2 is 1.77 bits per heavy atom. The van der Waals surface area contributed by atoms with Crippen molar-refractivity contribution in [1.82, 2.24) is 15.6 Å². The smallest absolute Gasteiger partial charge is 0.191 e. The summed E-state index contributed by atoms with van der Waals surface area (Å²) < 4.78 is 0. The second-order valence-electron chi connectivity index (χ2n) is 7.93. The number of aryl methyl sites for hydroxylation is 1. The number of nitrogens with zero attached hydrogens (tertiary/aromatic N) is 3. The first-order valence-electron chi connectivity index (χ1n) is 10.9. The lowest BCUT2D eigenvalue weighted by molar-refractivity contribution is 0.459. The van der Waals surface area contributed by atoms with Gasteiger partial charge in [-0.2, -0.15) is 0 Å². The highest BCUT2D eigenvalue weighted by Gasteiger charge is 2.20. The molecule has 1 aliphatic rings. The number of anilines is 1. The third kappa shape index (κ3) is 6.09. The molecule has 2 heterocycles. The van der Waals surface area contributed by atoms with Gasteiger partial charge in [0.15, 0.2) is 5.96 Å². The van der Waals surface area contributed by atoms with Crippen molar-refractivity contribution in [2.75, 3.05) is 31.6 Å². The third-order valence-electron chi connectivity index (χ3n) is 5.82. The quantitative estimate of drug-likeness (QED) is 0.290. The number of aliphatic imine (C=N–C) groups is 1. The van der Waals surface area contributed by atoms with Crippen LogP contribution in [0.2, 0.25) is 0 Å². The first-order valence-corrected chi connectivity index (χ1v) is 10.9. The first kappa shape index (κ1) is 23.3. The van der Waals surface area contributed by atoms with Crippen LogP contribution in [0.25, 0.3) is 10.8 Å². The fourth-order valence-corrected chi connectivity index (χ4v) is 4.17. The van der Waals surface area contributed by atoms with E-state index in [1.165, 1.54) is 16.3 Å². The Morgan fingerprint density at radius 3 is 2.55 bits per heavy atom. The Kier molecular flexibility index (Phi) is 8.51. The predicted octanol–water partition coefficient (Wildman–Crippen LogP) is 4.54. The summed E-state index contributed by atoms with van der Waals surface area (Å²) in [4.78, 5) is 11.5. The van der Waals surface area contributed by atoms with E-state index in [1.807, 2.05) is 20.0 Å². The summed E-state index contributed by atoms with van der Waals surface area (Å²) in [6, 6.07) is 21.8. The highest BCUT2D eigenvalue weighted by Crippen LogP contribution is 2.19. The van der Waals surface area contributed by atoms with E-state index in [9.17, 15) is 0 Å². The van der Waals surface area contributed by atoms with Crippen molar-refractivity contribution in [3.05, 3.63) is 71.9 Å². The van der Waals surface area contributed by atoms with Crippen LogP contribution in [-0.4, -0.2) is 43.7 Å². The van der Waals surface area contributed by atoms with Gasteiger partial charge in [-0.15, -0.1) is 24.0 Å². The zero-order valence-corrected chi connectivity index (χ0v) is 20.7. The van der Waals surface area contributed by atoms with Crippen molar-refractivity contribution in [2.45, 2.75) is 32.2 Å². The molecule has 5 nitrogen and oxygen atoms in total. The molecule has 0 saturated carbocycles. The molecular weight excluding hydrogens is 497 g/mol. The van der Waals surface area contributed by atoms with Gasteiger partial charge in [0.2, 0.25) is 0 Å². The monoisotopic (exact) mass is 529 g/mol. The number of pyridine rings is 1. The molecule has 164 valence electrons. The van der Waals surface area contributed by atoms with Crippen molar-refractivity contribution in [3.8, 4) is 0 Å². The van der Waals surface area contributed by atoms with E-state index >= 15 is 0 Å². The number of hydrogen-bond acceptors (Lipinski definition) is 3. The normalized spacial score (nSPS) is 14.9. The van der Waals surface area contributed by atoms with Crippen molar-refractivity contribution >= 4 is 46.5 Å². The molecule has 1 aromatic heterocycles. The van der Waals surface area contributed by atoms with E-state index in [0.29, 0.717) is 6.04 Å². The molecule has 0 unspecified atom stereocenters. The topological polar surface area (TPSA) is 52.6 Å². The van der Waals surface area contributed by atoms with Crippen LogP contribution in [0.4, 0.5) is 5.82 Å². The molecule has 0 spiro atoms. The molecule has 0 amide bonds. The number of halogens is 1. The summed E-state index contributed by atoms with van der Waals surface area (Å²) in [5.74, 6) is 1.98. The van der Waals surface area contributed by atoms with Crippen molar-refractivity contribution in [3.63, 3.8) is 0 Å². The lowest BCUT2D eigenvalue weighted by Gasteiger charge is -2.34. The van der Waals surface area contributed by atoms with Gasteiger partial charge in [0.1, 0.15) is 5.82 Å². The van der Waals surface area contributed by atoms with Crippen LogP contribution in [0, 0.1) is 6.92 Å². The fraction of sp³-hybridized carbons (Fsp3) is 0.360. The number of benzene rings is 2. The number of guanidine groups is 1. The van der Waals surface area contributed by atoms with Crippen LogP contribution in [0.3, 0.4) is 0 Å². The summed E-state index contributed by atoms with van der Waals surface area (Å²) in [6.07, 6.45) is 3.14. The molecule has 2 aromatic carbocycles. The molecular formula is C25H32IN5. The second-order valence-corrected chi connectivity index (χ2v) is 7.93. The van der Waals surface area contributed by atoms with Crippen LogP contribution in [0.5, 0.6) is 0 Å². The lowest BCUT2D eigenvalue weighted by Crippen LogP contribution is -2.49. The number of piperidine rings is 1. The maximum absolute atomic E-state index is 4.66. The van der Waals surface area contributed by atoms with Gasteiger partial charge in [-0.1, -0.05) is 48.5 Å². The highest BCUT2D eigenvalue weighted by atomic mass is 127. The summed E-state index contributed by atoms with van der Waals surface area (Å²) >= 11 is 0. The molecule has 0 bridgehead atoms. The number of nitrogens with one attached hydrogen (secondary N) is 2. The van der Waals surface area contributed by atoms with E-state index in [4.69, 9.17) is 0 Å². The molecule has 1 fully saturated rings. The minimum absolute atomic E-state index is 0. The minimum Gasteiger partial charge on any atom is -0.356 e. The SMILES string of the molecule is CN=C(NCCc1cccc2ccccc12)NC1CCN(c2cccc(C)n2)CC1.I. The molecule has 0 aliphatic carbocycles. The zero-order chi connectivity index (χ0) is 20.8. The van der Waals surface area contributed by atoms with Gasteiger partial charge in [0.25, 0.3) is 0 Å². The van der Waals surface area contributed by atoms with Gasteiger partial charge in [-0.25, -0.2) is 4.98 Å². The largest absolute Gasteiger partial charge is 0.356 e. The molecule has 0 radical (unpaired) electrons. The van der Waals surface area contributed by atoms with Gasteiger partial charge in [-0.3, -0.25) is 4.99 Å². The van der Waals surface area contributed by atoms with Crippen LogP contribution in [-0.2, 0) is 6.42 Å². The minimum atomic E-state index is 0. The van der Waals surface area contributed by atoms with E-state index < -0.39 is 0 Å². The summed E-state index contributed by atoms with van der Waals surface area (Å²) in [6.45, 7) is 4.94. The van der Waals surface area contributed by atoms with Crippen molar-refractivity contribution < 1.29 is 0 Å². The van der Waals surface area contributed by atoms with Crippen LogP contribution in [0.15, 0.2) is 65.7 Å². The summed E-state index contributed by atoms with van der Waals surface area (Å²) in [7, 11) is 1.85. The molecule has 0 atom stereocenters. The fourth-order valence-electron chi connectivity index (χ4n) is 4.17. The molecule has 6 heteroatoms. The van der Waals surface area contributed by atoms with Gasteiger partial charge in [0.05, 0.1) is 0 Å². The maximum Gasteiger partial charge on any atom is 0.191 e. The second kappa shape index (κ2) is 11.3. The van der Waals surface area contributed by atoms with Crippen molar-refractivity contribution in [1.29, 1.82) is 0 Å². The van der Waals surface area contributed by atoms with E-state index in [1.54, 1.807) is 0 Å². The van der Waals surface area contributed by atoms with E-state index in [0.717, 1.165) is 56.4 Å². The Balaban J connectivity index is 0.00000272. The molecule has 3 aromatic rings. The Labute approximate surface area is 202 Å². The molecule has 2 N–H and O–H groups in total. The zero-order valence-electron chi connectivity index (χ0n) is 18.3. The number of rotatable bonds is 5. The lowest BCUT2D eigenvalue weighted by atomic mass is 10.0. The van der Waals surface area contributed by atoms with Crippen molar-refractivity contribution in [2.24, 2.45) is 4.99 Å². The summed E-state index contributed by atoms with van der Waals surface area (Å²) in [5.41, 5.74) is 2.44. The standard InChI is InChI=1S/C25H31N5.HI/c1-19-7-5-12-24(28-19)30-17-14-22(15-18-30)29-25(26-2)27-16-13-21-10-6-9-20-8-3-4-11-23(20)21;/h3-12,22H,13-18H2,1-2H3,(H2,26,27,29);1H. The Morgan fingerprint density at radius 1 is 1.03 bits per heavy atom. The van der Waals surface area contributed by atoms with Crippen LogP contribution < -0.4 is 15.5 Å². The van der Waals surface area contributed by atoms with E-state index in [2.05, 4.69) is 80.1 Å². The van der Waals surface area contributed by atoms with Crippen LogP contribution in [0.1, 0.15) is 24.1 Å². The Bertz CT molecular complexity index is 1010. The molecule has 4 rings (SSSR count). The Hall–Kier alpha value is -2.35. The van der Waals surface area contributed by atoms with Crippen LogP contribution >= 0.6 is 24.0 Å². The number of aromatic nitrogens is 1. The highest BCUT2D eigenvalue weighted by molar-refractivity contribution is 14.0. The average Bonchev–Trinajstić information content (AvgIpc) is 2.79. The number of hydrogen-bond donors (Lipinski definition) is 2. The summed E-state index contributed by atoms with van der Waals surface area (Å²) in [5, 5.41) is 9.73. The third-order valence-corrected chi connectivity index (χ3v) is 5.82. The molecule has 31 heavy (non-hydrogen) atoms. The van der Waals surface area contributed by atoms with Gasteiger partial charge >= 0.3 is 0 Å². The van der Waals surface area contributed by atoms with Gasteiger partial charge in [-0.05, 0) is 54.7 Å². The van der Waals surface area contributed by atoms with Gasteiger partial charge in [0, 0.05) is 38.4 Å². The first-order chi connectivity index (χ1) is 14.7. The predicted molar refractivity (Wildman–Crippen MR) is 142 cm³/mol. The average molecular weight is 529 g/mol. The molecule has 1 saturated heterocycles. The maximum atomic E-state index is 4.66. The number of fused-ring (bicyclic) bond motifs is 1. The van der Waals surface area contributed by atoms with E-state index in [-0.39, 0.29) is 24.0 Å². The van der Waals surface area contributed by atoms with Gasteiger partial charge < -0.3 is 15.5 Å². The molecule has 1 aliphatic heterocycles.